The average molecular weight is 183 g/mol. The molecule has 1 aromatic carbocycles. The van der Waals surface area contributed by atoms with Gasteiger partial charge in [0.05, 0.1) is 5.92 Å². The van der Waals surface area contributed by atoms with Crippen LogP contribution in [0.4, 0.5) is 8.78 Å². The molecule has 1 radical (unpaired) electrons. The van der Waals surface area contributed by atoms with Gasteiger partial charge in [-0.1, -0.05) is 43.7 Å². The Morgan fingerprint density at radius 1 is 1.23 bits per heavy atom. The van der Waals surface area contributed by atoms with E-state index in [9.17, 15) is 8.78 Å². The minimum atomic E-state index is -1.48. The van der Waals surface area contributed by atoms with Gasteiger partial charge in [0.15, 0.2) is 0 Å². The van der Waals surface area contributed by atoms with E-state index in [4.69, 9.17) is 0 Å². The summed E-state index contributed by atoms with van der Waals surface area (Å²) >= 11 is 0. The van der Waals surface area contributed by atoms with Crippen LogP contribution < -0.4 is 0 Å². The largest absolute Gasteiger partial charge is 0.317 e. The first kappa shape index (κ1) is 10.2. The molecule has 1 rings (SSSR count). The number of halogens is 2. The molecule has 13 heavy (non-hydrogen) atoms. The Balaban J connectivity index is 2.76. The van der Waals surface area contributed by atoms with Crippen molar-refractivity contribution in [3.05, 3.63) is 42.3 Å². The lowest BCUT2D eigenvalue weighted by atomic mass is 9.95. The zero-order valence-electron chi connectivity index (χ0n) is 7.63. The highest BCUT2D eigenvalue weighted by atomic mass is 19.3. The van der Waals surface area contributed by atoms with E-state index in [2.05, 4.69) is 0 Å². The van der Waals surface area contributed by atoms with Crippen LogP contribution in [0.1, 0.15) is 31.2 Å². The normalized spacial score (nSPS) is 13.2. The number of benzene rings is 1. The molecular weight excluding hydrogens is 170 g/mol. The van der Waals surface area contributed by atoms with Crippen molar-refractivity contribution in [3.8, 4) is 0 Å². The summed E-state index contributed by atoms with van der Waals surface area (Å²) in [5.41, 5.74) is 0.712. The van der Waals surface area contributed by atoms with Crippen molar-refractivity contribution in [3.63, 3.8) is 0 Å². The van der Waals surface area contributed by atoms with Crippen LogP contribution in [-0.4, -0.2) is 0 Å². The van der Waals surface area contributed by atoms with Crippen LogP contribution in [0.25, 0.3) is 0 Å². The Hall–Kier alpha value is -0.920. The van der Waals surface area contributed by atoms with E-state index in [0.717, 1.165) is 6.42 Å². The Morgan fingerprint density at radius 2 is 1.85 bits per heavy atom. The first-order chi connectivity index (χ1) is 6.25. The van der Waals surface area contributed by atoms with Gasteiger partial charge in [-0.25, -0.2) is 0 Å². The fraction of sp³-hybridized carbons (Fsp3) is 0.364. The molecule has 1 aromatic rings. The summed E-state index contributed by atoms with van der Waals surface area (Å²) in [4.78, 5) is 0. The molecule has 0 saturated heterocycles. The maximum absolute atomic E-state index is 12.5. The quantitative estimate of drug-likeness (QED) is 0.661. The Kier molecular flexibility index (Phi) is 3.87. The van der Waals surface area contributed by atoms with E-state index < -0.39 is 12.3 Å². The summed E-state index contributed by atoms with van der Waals surface area (Å²) in [6.07, 6.45) is -0.184. The molecule has 1 atom stereocenters. The lowest BCUT2D eigenvalue weighted by Crippen LogP contribution is -2.02. The van der Waals surface area contributed by atoms with Crippen molar-refractivity contribution in [1.82, 2.24) is 0 Å². The fourth-order valence-corrected chi connectivity index (χ4v) is 1.38. The lowest BCUT2D eigenvalue weighted by molar-refractivity contribution is 0.238. The first-order valence-corrected chi connectivity index (χ1v) is 4.48. The van der Waals surface area contributed by atoms with E-state index >= 15 is 0 Å². The van der Waals surface area contributed by atoms with Crippen LogP contribution >= 0.6 is 0 Å². The van der Waals surface area contributed by atoms with Crippen LogP contribution in [0.15, 0.2) is 30.3 Å². The molecule has 0 aliphatic rings. The zero-order chi connectivity index (χ0) is 9.68. The predicted octanol–water partition coefficient (Wildman–Crippen LogP) is 4.00. The molecular formula is C11H13F2. The predicted molar refractivity (Wildman–Crippen MR) is 49.6 cm³/mol. The summed E-state index contributed by atoms with van der Waals surface area (Å²) < 4.78 is 25.0. The maximum Gasteiger partial charge on any atom is 0.317 e. The highest BCUT2D eigenvalue weighted by molar-refractivity contribution is 5.22. The second kappa shape index (κ2) is 4.95. The topological polar surface area (TPSA) is 0 Å². The summed E-state index contributed by atoms with van der Waals surface area (Å²) in [5, 5.41) is 0. The van der Waals surface area contributed by atoms with Crippen molar-refractivity contribution in [1.29, 1.82) is 0 Å². The molecule has 2 heteroatoms. The van der Waals surface area contributed by atoms with Gasteiger partial charge in [-0.3, -0.25) is 0 Å². The molecule has 0 aliphatic carbocycles. The van der Waals surface area contributed by atoms with E-state index in [0.29, 0.717) is 12.0 Å². The minimum absolute atomic E-state index is 0.520. The Morgan fingerprint density at radius 3 is 2.31 bits per heavy atom. The van der Waals surface area contributed by atoms with Gasteiger partial charge in [-0.2, -0.15) is 8.78 Å². The molecule has 0 bridgehead atoms. The zero-order valence-corrected chi connectivity index (χ0v) is 7.63. The van der Waals surface area contributed by atoms with Gasteiger partial charge in [-0.15, -0.1) is 0 Å². The van der Waals surface area contributed by atoms with E-state index in [1.165, 1.54) is 0 Å². The molecule has 0 amide bonds. The summed E-state index contributed by atoms with van der Waals surface area (Å²) in [5.74, 6) is -0.675. The van der Waals surface area contributed by atoms with Gasteiger partial charge < -0.3 is 0 Å². The molecule has 0 spiro atoms. The highest BCUT2D eigenvalue weighted by Gasteiger charge is 2.22. The van der Waals surface area contributed by atoms with Crippen molar-refractivity contribution in [2.24, 2.45) is 0 Å². The molecule has 0 saturated carbocycles. The smallest absolute Gasteiger partial charge is 0.199 e. The summed E-state index contributed by atoms with van der Waals surface area (Å²) in [6, 6.07) is 8.92. The second-order valence-electron chi connectivity index (χ2n) is 3.04. The summed E-state index contributed by atoms with van der Waals surface area (Å²) in [7, 11) is 0. The summed E-state index contributed by atoms with van der Waals surface area (Å²) in [6.45, 7) is 1.92. The van der Waals surface area contributed by atoms with Crippen LogP contribution in [-0.2, 0) is 0 Å². The van der Waals surface area contributed by atoms with Gasteiger partial charge in [0.2, 0.25) is 0 Å². The molecule has 71 valence electrons. The van der Waals surface area contributed by atoms with Crippen molar-refractivity contribution in [2.45, 2.75) is 25.7 Å². The third-order valence-electron chi connectivity index (χ3n) is 2.04. The van der Waals surface area contributed by atoms with Crippen LogP contribution in [0, 0.1) is 6.43 Å². The van der Waals surface area contributed by atoms with Crippen LogP contribution in [0.2, 0.25) is 0 Å². The third-order valence-corrected chi connectivity index (χ3v) is 2.04. The number of rotatable bonds is 4. The molecule has 0 N–H and O–H groups in total. The standard InChI is InChI=1S/C11H13F2/c1-2-6-10(11(12)13)9-7-4-3-5-8-9/h3-5,7-8,10H,2,6H2,1H3. The number of hydrogen-bond acceptors (Lipinski definition) is 0. The van der Waals surface area contributed by atoms with E-state index in [-0.39, 0.29) is 0 Å². The van der Waals surface area contributed by atoms with E-state index in [1.54, 1.807) is 24.3 Å². The van der Waals surface area contributed by atoms with Gasteiger partial charge in [0, 0.05) is 0 Å². The monoisotopic (exact) mass is 183 g/mol. The molecule has 1 unspecified atom stereocenters. The van der Waals surface area contributed by atoms with Gasteiger partial charge in [-0.05, 0) is 12.0 Å². The highest BCUT2D eigenvalue weighted by Crippen LogP contribution is 2.32. The number of hydrogen-bond donors (Lipinski definition) is 0. The lowest BCUT2D eigenvalue weighted by Gasteiger charge is -2.13. The van der Waals surface area contributed by atoms with Crippen LogP contribution in [0.3, 0.4) is 0 Å². The van der Waals surface area contributed by atoms with Gasteiger partial charge in [0.1, 0.15) is 0 Å². The van der Waals surface area contributed by atoms with Crippen LogP contribution in [0.5, 0.6) is 0 Å². The fourth-order valence-electron chi connectivity index (χ4n) is 1.38. The first-order valence-electron chi connectivity index (χ1n) is 4.48. The average Bonchev–Trinajstić information content (AvgIpc) is 2.15. The molecule has 0 aromatic heterocycles. The van der Waals surface area contributed by atoms with Gasteiger partial charge in [0.25, 0.3) is 0 Å². The maximum atomic E-state index is 12.5. The molecule has 0 heterocycles. The molecule has 0 aliphatic heterocycles. The molecule has 0 nitrogen and oxygen atoms in total. The Labute approximate surface area is 77.6 Å². The molecule has 0 fully saturated rings. The van der Waals surface area contributed by atoms with Crippen molar-refractivity contribution < 1.29 is 8.78 Å². The van der Waals surface area contributed by atoms with Crippen molar-refractivity contribution in [2.75, 3.05) is 0 Å². The minimum Gasteiger partial charge on any atom is -0.199 e. The SMILES string of the molecule is CCCC([C](F)F)c1ccccc1. The van der Waals surface area contributed by atoms with E-state index in [1.807, 2.05) is 13.0 Å². The second-order valence-corrected chi connectivity index (χ2v) is 3.04. The third kappa shape index (κ3) is 2.79. The Bertz CT molecular complexity index is 231. The van der Waals surface area contributed by atoms with Gasteiger partial charge >= 0.3 is 6.43 Å². The van der Waals surface area contributed by atoms with Crippen molar-refractivity contribution >= 4 is 0 Å².